The molecule has 0 aromatic heterocycles. The second-order valence-corrected chi connectivity index (χ2v) is 5.95. The van der Waals surface area contributed by atoms with E-state index >= 15 is 0 Å². The van der Waals surface area contributed by atoms with Crippen LogP contribution >= 0.6 is 0 Å². The van der Waals surface area contributed by atoms with E-state index in [-0.39, 0.29) is 0 Å². The fourth-order valence-corrected chi connectivity index (χ4v) is 2.66. The first-order chi connectivity index (χ1) is 7.04. The van der Waals surface area contributed by atoms with Crippen molar-refractivity contribution in [1.29, 1.82) is 0 Å². The van der Waals surface area contributed by atoms with Crippen LogP contribution in [0.4, 0.5) is 0 Å². The van der Waals surface area contributed by atoms with Crippen molar-refractivity contribution in [2.75, 3.05) is 25.9 Å². The maximum Gasteiger partial charge on any atom is 0.211 e. The van der Waals surface area contributed by atoms with Crippen LogP contribution in [0, 0.1) is 0 Å². The van der Waals surface area contributed by atoms with Gasteiger partial charge in [-0.05, 0) is 25.8 Å². The van der Waals surface area contributed by atoms with Crippen molar-refractivity contribution in [3.05, 3.63) is 12.7 Å². The molecule has 1 heterocycles. The van der Waals surface area contributed by atoms with Gasteiger partial charge in [0.2, 0.25) is 10.0 Å². The highest BCUT2D eigenvalue weighted by molar-refractivity contribution is 7.88. The third-order valence-electron chi connectivity index (χ3n) is 2.70. The van der Waals surface area contributed by atoms with E-state index in [1.807, 2.05) is 6.08 Å². The van der Waals surface area contributed by atoms with Gasteiger partial charge in [-0.25, -0.2) is 12.7 Å². The summed E-state index contributed by atoms with van der Waals surface area (Å²) in [5.74, 6) is 0. The smallest absolute Gasteiger partial charge is 0.211 e. The molecule has 1 fully saturated rings. The van der Waals surface area contributed by atoms with Gasteiger partial charge < -0.3 is 5.32 Å². The van der Waals surface area contributed by atoms with Crippen molar-refractivity contribution in [1.82, 2.24) is 9.62 Å². The lowest BCUT2D eigenvalue weighted by molar-refractivity contribution is 0.292. The molecule has 1 aliphatic rings. The molecule has 0 bridgehead atoms. The van der Waals surface area contributed by atoms with Crippen molar-refractivity contribution in [2.24, 2.45) is 0 Å². The lowest BCUT2D eigenvalue weighted by Gasteiger charge is -2.30. The van der Waals surface area contributed by atoms with Gasteiger partial charge in [0, 0.05) is 19.1 Å². The van der Waals surface area contributed by atoms with Gasteiger partial charge in [-0.15, -0.1) is 6.58 Å². The van der Waals surface area contributed by atoms with E-state index in [1.165, 1.54) is 6.26 Å². The van der Waals surface area contributed by atoms with E-state index < -0.39 is 10.0 Å². The van der Waals surface area contributed by atoms with Gasteiger partial charge in [-0.1, -0.05) is 6.08 Å². The maximum absolute atomic E-state index is 11.2. The Morgan fingerprint density at radius 2 is 2.07 bits per heavy atom. The first-order valence-electron chi connectivity index (χ1n) is 5.33. The van der Waals surface area contributed by atoms with Crippen LogP contribution in [0.1, 0.15) is 19.3 Å². The quantitative estimate of drug-likeness (QED) is 0.557. The molecule has 88 valence electrons. The third kappa shape index (κ3) is 4.32. The number of nitrogens with zero attached hydrogens (tertiary/aromatic N) is 1. The summed E-state index contributed by atoms with van der Waals surface area (Å²) >= 11 is 0. The van der Waals surface area contributed by atoms with E-state index in [0.29, 0.717) is 19.1 Å². The first kappa shape index (κ1) is 12.7. The summed E-state index contributed by atoms with van der Waals surface area (Å²) in [6, 6.07) is 0.461. The number of hydrogen-bond donors (Lipinski definition) is 1. The molecule has 0 unspecified atom stereocenters. The first-order valence-corrected chi connectivity index (χ1v) is 7.18. The molecule has 0 aromatic rings. The highest BCUT2D eigenvalue weighted by atomic mass is 32.2. The minimum absolute atomic E-state index is 0.461. The summed E-state index contributed by atoms with van der Waals surface area (Å²) in [5.41, 5.74) is 0. The second kappa shape index (κ2) is 5.63. The summed E-state index contributed by atoms with van der Waals surface area (Å²) in [5, 5.41) is 3.40. The minimum atomic E-state index is -2.99. The van der Waals surface area contributed by atoms with Crippen LogP contribution in [0.15, 0.2) is 12.7 Å². The molecule has 1 N–H and O–H groups in total. The van der Waals surface area contributed by atoms with Gasteiger partial charge in [0.05, 0.1) is 6.26 Å². The van der Waals surface area contributed by atoms with E-state index in [1.54, 1.807) is 4.31 Å². The highest BCUT2D eigenvalue weighted by Gasteiger charge is 2.24. The molecule has 0 radical (unpaired) electrons. The van der Waals surface area contributed by atoms with Gasteiger partial charge in [0.15, 0.2) is 0 Å². The zero-order valence-electron chi connectivity index (χ0n) is 9.28. The van der Waals surface area contributed by atoms with Crippen LogP contribution in [-0.4, -0.2) is 44.7 Å². The predicted molar refractivity (Wildman–Crippen MR) is 62.3 cm³/mol. The SMILES string of the molecule is C=CCCNC1CCN(S(C)(=O)=O)CC1. The molecule has 15 heavy (non-hydrogen) atoms. The molecule has 1 saturated heterocycles. The molecule has 1 aliphatic heterocycles. The molecular formula is C10H20N2O2S. The van der Waals surface area contributed by atoms with E-state index in [9.17, 15) is 8.42 Å². The Hall–Kier alpha value is -0.390. The highest BCUT2D eigenvalue weighted by Crippen LogP contribution is 2.12. The topological polar surface area (TPSA) is 49.4 Å². The Labute approximate surface area is 92.4 Å². The Kier molecular flexibility index (Phi) is 4.76. The Morgan fingerprint density at radius 3 is 2.53 bits per heavy atom. The van der Waals surface area contributed by atoms with Crippen LogP contribution in [0.25, 0.3) is 0 Å². The zero-order chi connectivity index (χ0) is 11.3. The second-order valence-electron chi connectivity index (χ2n) is 3.97. The summed E-state index contributed by atoms with van der Waals surface area (Å²) in [7, 11) is -2.99. The van der Waals surface area contributed by atoms with Crippen LogP contribution in [0.5, 0.6) is 0 Å². The lowest BCUT2D eigenvalue weighted by atomic mass is 10.1. The number of sulfonamides is 1. The van der Waals surface area contributed by atoms with E-state index in [0.717, 1.165) is 25.8 Å². The van der Waals surface area contributed by atoms with Crippen LogP contribution in [0.2, 0.25) is 0 Å². The number of nitrogens with one attached hydrogen (secondary N) is 1. The standard InChI is InChI=1S/C10H20N2O2S/c1-3-4-7-11-10-5-8-12(9-6-10)15(2,13)14/h3,10-11H,1,4-9H2,2H3. The average molecular weight is 232 g/mol. The Balaban J connectivity index is 2.27. The van der Waals surface area contributed by atoms with Crippen molar-refractivity contribution in [3.8, 4) is 0 Å². The molecular weight excluding hydrogens is 212 g/mol. The van der Waals surface area contributed by atoms with Crippen molar-refractivity contribution in [2.45, 2.75) is 25.3 Å². The maximum atomic E-state index is 11.2. The summed E-state index contributed by atoms with van der Waals surface area (Å²) < 4.78 is 24.0. The molecule has 5 heteroatoms. The Bertz CT molecular complexity index is 293. The third-order valence-corrected chi connectivity index (χ3v) is 4.01. The number of rotatable bonds is 5. The van der Waals surface area contributed by atoms with Crippen LogP contribution in [-0.2, 0) is 10.0 Å². The molecule has 0 atom stereocenters. The number of piperidine rings is 1. The zero-order valence-corrected chi connectivity index (χ0v) is 10.1. The molecule has 4 nitrogen and oxygen atoms in total. The molecule has 0 saturated carbocycles. The van der Waals surface area contributed by atoms with Gasteiger partial charge >= 0.3 is 0 Å². The molecule has 0 aliphatic carbocycles. The van der Waals surface area contributed by atoms with E-state index in [2.05, 4.69) is 11.9 Å². The van der Waals surface area contributed by atoms with E-state index in [4.69, 9.17) is 0 Å². The predicted octanol–water partition coefficient (Wildman–Crippen LogP) is 0.576. The average Bonchev–Trinajstić information content (AvgIpc) is 2.18. The van der Waals surface area contributed by atoms with Crippen molar-refractivity contribution in [3.63, 3.8) is 0 Å². The fourth-order valence-electron chi connectivity index (χ4n) is 1.78. The minimum Gasteiger partial charge on any atom is -0.314 e. The largest absolute Gasteiger partial charge is 0.314 e. The molecule has 0 amide bonds. The van der Waals surface area contributed by atoms with Gasteiger partial charge in [0.1, 0.15) is 0 Å². The summed E-state index contributed by atoms with van der Waals surface area (Å²) in [4.78, 5) is 0. The normalized spacial score (nSPS) is 20.3. The monoisotopic (exact) mass is 232 g/mol. The molecule has 0 aromatic carbocycles. The van der Waals surface area contributed by atoms with Crippen LogP contribution in [0.3, 0.4) is 0 Å². The molecule has 1 rings (SSSR count). The van der Waals surface area contributed by atoms with Gasteiger partial charge in [-0.2, -0.15) is 0 Å². The summed E-state index contributed by atoms with van der Waals surface area (Å²) in [6.07, 6.45) is 5.94. The summed E-state index contributed by atoms with van der Waals surface area (Å²) in [6.45, 7) is 5.88. The van der Waals surface area contributed by atoms with Crippen molar-refractivity contribution < 1.29 is 8.42 Å². The van der Waals surface area contributed by atoms with Gasteiger partial charge in [0.25, 0.3) is 0 Å². The van der Waals surface area contributed by atoms with Gasteiger partial charge in [-0.3, -0.25) is 0 Å². The number of hydrogen-bond acceptors (Lipinski definition) is 3. The fraction of sp³-hybridized carbons (Fsp3) is 0.800. The van der Waals surface area contributed by atoms with Crippen LogP contribution < -0.4 is 5.32 Å². The lowest BCUT2D eigenvalue weighted by Crippen LogP contribution is -2.44. The Morgan fingerprint density at radius 1 is 1.47 bits per heavy atom. The molecule has 0 spiro atoms. The van der Waals surface area contributed by atoms with Crippen molar-refractivity contribution >= 4 is 10.0 Å².